The number of methoxy groups -OCH3 is 1. The summed E-state index contributed by atoms with van der Waals surface area (Å²) in [6.45, 7) is 1.57. The summed E-state index contributed by atoms with van der Waals surface area (Å²) in [4.78, 5) is 14.6. The second kappa shape index (κ2) is 13.1. The monoisotopic (exact) mass is 464 g/mol. The first-order valence-electron chi connectivity index (χ1n) is 12.4. The molecule has 32 heavy (non-hydrogen) atoms. The highest BCUT2D eigenvalue weighted by Crippen LogP contribution is 2.43. The number of rotatable bonds is 12. The number of aliphatic hydroxyl groups is 1. The zero-order valence-corrected chi connectivity index (χ0v) is 19.9. The standard InChI is InChI=1S/C24H43F3N2O3/c1-28-17-20(15-19-9-4-3-5-10-19)16-22(30)29-13-8-11-21(18-29)23(31,24(25,26)27)12-6-7-14-32-2/h19-21,28,31H,3-18H2,1-2H3/t20-,21-,23+/m1/s1. The molecule has 1 saturated carbocycles. The molecule has 2 aliphatic rings. The molecule has 0 radical (unpaired) electrons. The van der Waals surface area contributed by atoms with Crippen molar-refractivity contribution in [3.8, 4) is 0 Å². The summed E-state index contributed by atoms with van der Waals surface area (Å²) >= 11 is 0. The zero-order valence-electron chi connectivity index (χ0n) is 19.9. The molecule has 0 aromatic rings. The van der Waals surface area contributed by atoms with Crippen molar-refractivity contribution < 1.29 is 27.8 Å². The summed E-state index contributed by atoms with van der Waals surface area (Å²) < 4.78 is 46.6. The Labute approximate surface area is 191 Å². The van der Waals surface area contributed by atoms with Crippen LogP contribution in [0.5, 0.6) is 0 Å². The molecule has 1 heterocycles. The minimum Gasteiger partial charge on any atom is -0.385 e. The molecule has 2 fully saturated rings. The van der Waals surface area contributed by atoms with Crippen molar-refractivity contribution in [1.29, 1.82) is 0 Å². The maximum absolute atomic E-state index is 13.9. The first-order valence-corrected chi connectivity index (χ1v) is 12.4. The number of nitrogens with one attached hydrogen (secondary N) is 1. The van der Waals surface area contributed by atoms with Crippen LogP contribution in [-0.2, 0) is 9.53 Å². The van der Waals surface area contributed by atoms with E-state index in [1.165, 1.54) is 39.2 Å². The summed E-state index contributed by atoms with van der Waals surface area (Å²) in [5.41, 5.74) is -2.76. The predicted octanol–water partition coefficient (Wildman–Crippen LogP) is 4.53. The Morgan fingerprint density at radius 1 is 1.16 bits per heavy atom. The number of nitrogens with zero attached hydrogens (tertiary/aromatic N) is 1. The van der Waals surface area contributed by atoms with Crippen molar-refractivity contribution >= 4 is 5.91 Å². The number of alkyl halides is 3. The van der Waals surface area contributed by atoms with Gasteiger partial charge in [0.05, 0.1) is 0 Å². The fourth-order valence-electron chi connectivity index (χ4n) is 5.61. The van der Waals surface area contributed by atoms with Crippen molar-refractivity contribution in [3.05, 3.63) is 0 Å². The van der Waals surface area contributed by atoms with Crippen molar-refractivity contribution in [2.24, 2.45) is 17.8 Å². The van der Waals surface area contributed by atoms with Crippen LogP contribution in [0.4, 0.5) is 13.2 Å². The molecule has 0 unspecified atom stereocenters. The lowest BCUT2D eigenvalue weighted by molar-refractivity contribution is -0.286. The van der Waals surface area contributed by atoms with E-state index in [1.807, 2.05) is 7.05 Å². The van der Waals surface area contributed by atoms with Gasteiger partial charge in [-0.25, -0.2) is 0 Å². The van der Waals surface area contributed by atoms with Crippen molar-refractivity contribution in [2.45, 2.75) is 88.8 Å². The van der Waals surface area contributed by atoms with E-state index < -0.39 is 17.7 Å². The van der Waals surface area contributed by atoms with Gasteiger partial charge in [0, 0.05) is 39.1 Å². The molecule has 0 bridgehead atoms. The molecule has 0 aromatic carbocycles. The van der Waals surface area contributed by atoms with Gasteiger partial charge in [-0.05, 0) is 64.0 Å². The number of carbonyl (C=O) groups is 1. The van der Waals surface area contributed by atoms with Gasteiger partial charge in [0.15, 0.2) is 5.60 Å². The van der Waals surface area contributed by atoms with E-state index in [2.05, 4.69) is 5.32 Å². The maximum atomic E-state index is 13.9. The van der Waals surface area contributed by atoms with Crippen LogP contribution in [0.1, 0.15) is 77.0 Å². The molecule has 0 aromatic heterocycles. The zero-order chi connectivity index (χ0) is 23.6. The average molecular weight is 465 g/mol. The Kier molecular flexibility index (Phi) is 11.2. The Hall–Kier alpha value is -0.860. The van der Waals surface area contributed by atoms with Gasteiger partial charge in [-0.2, -0.15) is 13.2 Å². The van der Waals surface area contributed by atoms with Crippen LogP contribution in [0.15, 0.2) is 0 Å². The molecule has 3 atom stereocenters. The van der Waals surface area contributed by atoms with Crippen molar-refractivity contribution in [1.82, 2.24) is 10.2 Å². The van der Waals surface area contributed by atoms with Gasteiger partial charge in [-0.1, -0.05) is 32.1 Å². The highest BCUT2D eigenvalue weighted by Gasteiger charge is 2.58. The second-order valence-electron chi connectivity index (χ2n) is 9.92. The number of hydrogen-bond donors (Lipinski definition) is 2. The Morgan fingerprint density at radius 3 is 2.50 bits per heavy atom. The number of ether oxygens (including phenoxy) is 1. The van der Waals surface area contributed by atoms with Gasteiger partial charge < -0.3 is 20.1 Å². The third-order valence-corrected chi connectivity index (χ3v) is 7.44. The number of unbranched alkanes of at least 4 members (excludes halogenated alkanes) is 1. The lowest BCUT2D eigenvalue weighted by atomic mass is 9.77. The summed E-state index contributed by atoms with van der Waals surface area (Å²) in [6.07, 6.45) is 3.98. The molecule has 1 aliphatic carbocycles. The van der Waals surface area contributed by atoms with Crippen LogP contribution in [-0.4, -0.2) is 68.1 Å². The minimum absolute atomic E-state index is 0.0190. The molecule has 8 heteroatoms. The van der Waals surface area contributed by atoms with Crippen LogP contribution < -0.4 is 5.32 Å². The van der Waals surface area contributed by atoms with E-state index in [-0.39, 0.29) is 37.6 Å². The normalized spacial score (nSPS) is 23.7. The number of likely N-dealkylation sites (tertiary alicyclic amines) is 1. The van der Waals surface area contributed by atoms with E-state index in [9.17, 15) is 23.1 Å². The van der Waals surface area contributed by atoms with E-state index in [0.717, 1.165) is 13.0 Å². The number of halogens is 3. The van der Waals surface area contributed by atoms with Gasteiger partial charge in [0.1, 0.15) is 0 Å². The van der Waals surface area contributed by atoms with Gasteiger partial charge >= 0.3 is 6.18 Å². The van der Waals surface area contributed by atoms with Gasteiger partial charge in [-0.15, -0.1) is 0 Å². The summed E-state index contributed by atoms with van der Waals surface area (Å²) in [5.74, 6) is -0.212. The molecule has 0 spiro atoms. The minimum atomic E-state index is -4.72. The molecule has 5 nitrogen and oxygen atoms in total. The van der Waals surface area contributed by atoms with Crippen LogP contribution >= 0.6 is 0 Å². The summed E-state index contributed by atoms with van der Waals surface area (Å²) in [5, 5.41) is 13.9. The Bertz CT molecular complexity index is 555. The molecular weight excluding hydrogens is 421 g/mol. The molecule has 1 saturated heterocycles. The lowest BCUT2D eigenvalue weighted by Crippen LogP contribution is -2.57. The Morgan fingerprint density at radius 2 is 1.88 bits per heavy atom. The smallest absolute Gasteiger partial charge is 0.385 e. The van der Waals surface area contributed by atoms with Gasteiger partial charge in [-0.3, -0.25) is 4.79 Å². The molecule has 2 N–H and O–H groups in total. The fraction of sp³-hybridized carbons (Fsp3) is 0.958. The largest absolute Gasteiger partial charge is 0.417 e. The third kappa shape index (κ3) is 7.87. The first-order chi connectivity index (χ1) is 15.2. The Balaban J connectivity index is 1.99. The summed E-state index contributed by atoms with van der Waals surface area (Å²) in [7, 11) is 3.39. The number of amides is 1. The average Bonchev–Trinajstić information content (AvgIpc) is 2.76. The SMILES string of the molecule is CNC[C@@H](CC(=O)N1CCC[C@@H]([C@@](O)(CCCCOC)C(F)(F)F)C1)CC1CCCCC1. The van der Waals surface area contributed by atoms with Crippen LogP contribution in [0, 0.1) is 17.8 Å². The van der Waals surface area contributed by atoms with E-state index in [0.29, 0.717) is 38.3 Å². The number of carbonyl (C=O) groups excluding carboxylic acids is 1. The molecular formula is C24H43F3N2O3. The van der Waals surface area contributed by atoms with Crippen molar-refractivity contribution in [2.75, 3.05) is 40.4 Å². The quantitative estimate of drug-likeness (QED) is 0.417. The highest BCUT2D eigenvalue weighted by molar-refractivity contribution is 5.76. The second-order valence-corrected chi connectivity index (χ2v) is 9.92. The van der Waals surface area contributed by atoms with Crippen LogP contribution in [0.2, 0.25) is 0 Å². The van der Waals surface area contributed by atoms with Gasteiger partial charge in [0.25, 0.3) is 0 Å². The van der Waals surface area contributed by atoms with Crippen molar-refractivity contribution in [3.63, 3.8) is 0 Å². The maximum Gasteiger partial charge on any atom is 0.417 e. The lowest BCUT2D eigenvalue weighted by Gasteiger charge is -2.43. The summed E-state index contributed by atoms with van der Waals surface area (Å²) in [6, 6.07) is 0. The highest BCUT2D eigenvalue weighted by atomic mass is 19.4. The third-order valence-electron chi connectivity index (χ3n) is 7.44. The van der Waals surface area contributed by atoms with E-state index >= 15 is 0 Å². The van der Waals surface area contributed by atoms with Crippen LogP contribution in [0.3, 0.4) is 0 Å². The number of hydrogen-bond acceptors (Lipinski definition) is 4. The van der Waals surface area contributed by atoms with Gasteiger partial charge in [0.2, 0.25) is 5.91 Å². The van der Waals surface area contributed by atoms with E-state index in [1.54, 1.807) is 4.90 Å². The number of piperidine rings is 1. The molecule has 2 rings (SSSR count). The molecule has 188 valence electrons. The predicted molar refractivity (Wildman–Crippen MR) is 119 cm³/mol. The molecule has 1 aliphatic heterocycles. The van der Waals surface area contributed by atoms with E-state index in [4.69, 9.17) is 4.74 Å². The first kappa shape index (κ1) is 27.4. The van der Waals surface area contributed by atoms with Crippen LogP contribution in [0.25, 0.3) is 0 Å². The topological polar surface area (TPSA) is 61.8 Å². The molecule has 1 amide bonds. The fourth-order valence-corrected chi connectivity index (χ4v) is 5.61.